The van der Waals surface area contributed by atoms with Crippen LogP contribution in [0.5, 0.6) is 0 Å². The van der Waals surface area contributed by atoms with Gasteiger partial charge in [0.05, 0.1) is 6.04 Å². The Hall–Kier alpha value is -1.38. The summed E-state index contributed by atoms with van der Waals surface area (Å²) in [6.45, 7) is 0. The molecular weight excluding hydrogens is 162 g/mol. The van der Waals surface area contributed by atoms with Crippen molar-refractivity contribution < 1.29 is 0 Å². The van der Waals surface area contributed by atoms with Crippen LogP contribution in [0.4, 0.5) is 0 Å². The lowest BCUT2D eigenvalue weighted by atomic mass is 9.92. The number of rotatable bonds is 1. The maximum Gasteiger partial charge on any atom is 0.0602 e. The Kier molecular flexibility index (Phi) is 2.25. The monoisotopic (exact) mass is 175 g/mol. The molecule has 0 bridgehead atoms. The first kappa shape index (κ1) is 8.23. The van der Waals surface area contributed by atoms with Gasteiger partial charge >= 0.3 is 0 Å². The van der Waals surface area contributed by atoms with E-state index >= 15 is 0 Å². The van der Waals surface area contributed by atoms with E-state index in [4.69, 9.17) is 5.73 Å². The highest BCUT2D eigenvalue weighted by molar-refractivity contribution is 5.78. The SMILES string of the molecule is NC1=CCC(C2C=CN=CC2)N=C1. The molecule has 2 aliphatic rings. The molecule has 13 heavy (non-hydrogen) atoms. The van der Waals surface area contributed by atoms with Crippen molar-refractivity contribution >= 4 is 12.4 Å². The third-order valence-electron chi connectivity index (χ3n) is 2.41. The molecule has 0 saturated carbocycles. The van der Waals surface area contributed by atoms with Crippen molar-refractivity contribution in [1.82, 2.24) is 0 Å². The van der Waals surface area contributed by atoms with Crippen LogP contribution >= 0.6 is 0 Å². The van der Waals surface area contributed by atoms with Crippen LogP contribution < -0.4 is 5.73 Å². The van der Waals surface area contributed by atoms with Crippen LogP contribution in [0.1, 0.15) is 12.8 Å². The smallest absolute Gasteiger partial charge is 0.0602 e. The fourth-order valence-electron chi connectivity index (χ4n) is 1.61. The average molecular weight is 175 g/mol. The minimum atomic E-state index is 0.357. The highest BCUT2D eigenvalue weighted by Gasteiger charge is 2.19. The van der Waals surface area contributed by atoms with Crippen LogP contribution in [-0.4, -0.2) is 18.5 Å². The third-order valence-corrected chi connectivity index (χ3v) is 2.41. The fourth-order valence-corrected chi connectivity index (χ4v) is 1.61. The Morgan fingerprint density at radius 2 is 2.31 bits per heavy atom. The van der Waals surface area contributed by atoms with Gasteiger partial charge in [0.2, 0.25) is 0 Å². The maximum atomic E-state index is 5.59. The van der Waals surface area contributed by atoms with Crippen molar-refractivity contribution in [3.05, 3.63) is 24.0 Å². The summed E-state index contributed by atoms with van der Waals surface area (Å²) >= 11 is 0. The van der Waals surface area contributed by atoms with E-state index in [2.05, 4.69) is 16.1 Å². The number of hydrogen-bond acceptors (Lipinski definition) is 3. The normalized spacial score (nSPS) is 31.8. The van der Waals surface area contributed by atoms with Crippen LogP contribution in [0.25, 0.3) is 0 Å². The van der Waals surface area contributed by atoms with Gasteiger partial charge in [-0.2, -0.15) is 0 Å². The number of nitrogens with zero attached hydrogens (tertiary/aromatic N) is 2. The molecule has 2 atom stereocenters. The number of nitrogens with two attached hydrogens (primary N) is 1. The molecule has 0 radical (unpaired) electrons. The van der Waals surface area contributed by atoms with E-state index in [-0.39, 0.29) is 0 Å². The number of allylic oxidation sites excluding steroid dienone is 1. The molecule has 0 saturated heterocycles. The van der Waals surface area contributed by atoms with Crippen LogP contribution in [-0.2, 0) is 0 Å². The Bertz CT molecular complexity index is 299. The molecule has 2 heterocycles. The number of aliphatic imine (C=N–C) groups is 2. The molecule has 2 aliphatic heterocycles. The van der Waals surface area contributed by atoms with Crippen molar-refractivity contribution in [2.75, 3.05) is 0 Å². The molecule has 2 rings (SSSR count). The molecule has 0 amide bonds. The average Bonchev–Trinajstić information content (AvgIpc) is 2.20. The van der Waals surface area contributed by atoms with Gasteiger partial charge in [-0.3, -0.25) is 9.98 Å². The summed E-state index contributed by atoms with van der Waals surface area (Å²) < 4.78 is 0. The topological polar surface area (TPSA) is 50.7 Å². The summed E-state index contributed by atoms with van der Waals surface area (Å²) in [5.74, 6) is 0.498. The first-order chi connectivity index (χ1) is 6.36. The van der Waals surface area contributed by atoms with E-state index in [0.29, 0.717) is 12.0 Å². The minimum absolute atomic E-state index is 0.357. The van der Waals surface area contributed by atoms with Crippen LogP contribution in [0.15, 0.2) is 34.0 Å². The van der Waals surface area contributed by atoms with Gasteiger partial charge in [-0.05, 0) is 12.8 Å². The fraction of sp³-hybridized carbons (Fsp3) is 0.400. The molecular formula is C10H13N3. The maximum absolute atomic E-state index is 5.59. The second-order valence-electron chi connectivity index (χ2n) is 3.36. The van der Waals surface area contributed by atoms with Gasteiger partial charge in [-0.1, -0.05) is 12.2 Å². The molecule has 2 N–H and O–H groups in total. The Labute approximate surface area is 77.8 Å². The van der Waals surface area contributed by atoms with E-state index in [0.717, 1.165) is 18.5 Å². The second-order valence-corrected chi connectivity index (χ2v) is 3.36. The molecule has 0 fully saturated rings. The number of dihydropyridines is 1. The van der Waals surface area contributed by atoms with Gasteiger partial charge in [0, 0.05) is 30.2 Å². The first-order valence-electron chi connectivity index (χ1n) is 4.53. The van der Waals surface area contributed by atoms with Gasteiger partial charge in [0.1, 0.15) is 0 Å². The van der Waals surface area contributed by atoms with E-state index in [1.54, 1.807) is 6.21 Å². The summed E-state index contributed by atoms with van der Waals surface area (Å²) in [5, 5.41) is 0. The zero-order chi connectivity index (χ0) is 9.10. The van der Waals surface area contributed by atoms with E-state index in [1.165, 1.54) is 0 Å². The molecule has 0 aliphatic carbocycles. The van der Waals surface area contributed by atoms with Crippen LogP contribution in [0.3, 0.4) is 0 Å². The Morgan fingerprint density at radius 3 is 2.92 bits per heavy atom. The quantitative estimate of drug-likeness (QED) is 0.641. The predicted molar refractivity (Wildman–Crippen MR) is 54.9 cm³/mol. The van der Waals surface area contributed by atoms with Crippen molar-refractivity contribution in [3.8, 4) is 0 Å². The number of hydrogen-bond donors (Lipinski definition) is 1. The Morgan fingerprint density at radius 1 is 1.38 bits per heavy atom. The molecule has 0 spiro atoms. The van der Waals surface area contributed by atoms with Crippen molar-refractivity contribution in [1.29, 1.82) is 0 Å². The summed E-state index contributed by atoms with van der Waals surface area (Å²) in [7, 11) is 0. The lowest BCUT2D eigenvalue weighted by Crippen LogP contribution is -2.21. The van der Waals surface area contributed by atoms with Gasteiger partial charge in [0.15, 0.2) is 0 Å². The van der Waals surface area contributed by atoms with Gasteiger partial charge in [0.25, 0.3) is 0 Å². The third kappa shape index (κ3) is 1.86. The van der Waals surface area contributed by atoms with Gasteiger partial charge in [-0.15, -0.1) is 0 Å². The highest BCUT2D eigenvalue weighted by atomic mass is 14.8. The van der Waals surface area contributed by atoms with Crippen molar-refractivity contribution in [3.63, 3.8) is 0 Å². The van der Waals surface area contributed by atoms with E-state index in [1.807, 2.05) is 18.5 Å². The summed E-state index contributed by atoms with van der Waals surface area (Å²) in [4.78, 5) is 8.44. The largest absolute Gasteiger partial charge is 0.398 e. The van der Waals surface area contributed by atoms with Gasteiger partial charge < -0.3 is 5.73 Å². The van der Waals surface area contributed by atoms with Crippen molar-refractivity contribution in [2.24, 2.45) is 21.6 Å². The summed E-state index contributed by atoms with van der Waals surface area (Å²) in [6, 6.07) is 0.357. The van der Waals surface area contributed by atoms with E-state index in [9.17, 15) is 0 Å². The van der Waals surface area contributed by atoms with Crippen LogP contribution in [0.2, 0.25) is 0 Å². The molecule has 0 aromatic heterocycles. The summed E-state index contributed by atoms with van der Waals surface area (Å²) in [6.07, 6.45) is 11.7. The molecule has 2 unspecified atom stereocenters. The van der Waals surface area contributed by atoms with E-state index < -0.39 is 0 Å². The predicted octanol–water partition coefficient (Wildman–Crippen LogP) is 1.28. The zero-order valence-electron chi connectivity index (χ0n) is 7.43. The zero-order valence-corrected chi connectivity index (χ0v) is 7.43. The molecule has 3 heteroatoms. The standard InChI is InChI=1S/C10H13N3/c11-9-1-2-10(13-7-9)8-3-5-12-6-4-8/h1,3,5-8,10H,2,4,11H2. The van der Waals surface area contributed by atoms with Crippen LogP contribution in [0, 0.1) is 5.92 Å². The first-order valence-corrected chi connectivity index (χ1v) is 4.53. The second kappa shape index (κ2) is 3.56. The van der Waals surface area contributed by atoms with Gasteiger partial charge in [-0.25, -0.2) is 0 Å². The lowest BCUT2D eigenvalue weighted by Gasteiger charge is -2.21. The summed E-state index contributed by atoms with van der Waals surface area (Å²) in [5.41, 5.74) is 6.38. The Balaban J connectivity index is 2.00. The van der Waals surface area contributed by atoms with Crippen molar-refractivity contribution in [2.45, 2.75) is 18.9 Å². The highest BCUT2D eigenvalue weighted by Crippen LogP contribution is 2.21. The molecule has 68 valence electrons. The molecule has 0 aromatic rings. The lowest BCUT2D eigenvalue weighted by molar-refractivity contribution is 0.518. The molecule has 3 nitrogen and oxygen atoms in total. The minimum Gasteiger partial charge on any atom is -0.398 e. The molecule has 0 aromatic carbocycles.